The third-order valence-corrected chi connectivity index (χ3v) is 3.12. The van der Waals surface area contributed by atoms with Crippen molar-refractivity contribution >= 4 is 17.1 Å². The first-order valence-electron chi connectivity index (χ1n) is 7.02. The lowest BCUT2D eigenvalue weighted by molar-refractivity contribution is -0.113. The first kappa shape index (κ1) is 19.5. The second-order valence-corrected chi connectivity index (χ2v) is 5.00. The minimum absolute atomic E-state index is 0.291. The van der Waals surface area contributed by atoms with Crippen LogP contribution < -0.4 is 0 Å². The highest BCUT2D eigenvalue weighted by Crippen LogP contribution is 2.31. The smallest absolute Gasteiger partial charge is 0.418 e. The third kappa shape index (κ3) is 4.97. The standard InChI is InChI=1S/C17H18F3NO3/c1-5-13(14-6-7-24-9-14)8-15(17(18,19)20)10(2)21-16(11(3)22)12(4)23/h5-9,22H,1-4H3/b13-5+,15-8+,16-11+,21-10+. The number of nitrogens with zero attached hydrogens (tertiary/aromatic N) is 1. The van der Waals surface area contributed by atoms with E-state index >= 15 is 0 Å². The molecule has 0 amide bonds. The lowest BCUT2D eigenvalue weighted by Crippen LogP contribution is -2.19. The number of rotatable bonds is 5. The molecule has 0 radical (unpaired) electrons. The summed E-state index contributed by atoms with van der Waals surface area (Å²) in [5, 5.41) is 9.42. The van der Waals surface area contributed by atoms with E-state index < -0.39 is 34.7 Å². The SMILES string of the molecule is C\C=C(/C=C(\C(C)=N\C(C(C)=O)=C(/C)O)C(F)(F)F)c1ccoc1. The van der Waals surface area contributed by atoms with Gasteiger partial charge in [0.05, 0.1) is 23.8 Å². The Labute approximate surface area is 137 Å². The zero-order valence-electron chi connectivity index (χ0n) is 13.7. The Morgan fingerprint density at radius 1 is 1.29 bits per heavy atom. The molecule has 0 atom stereocenters. The molecular weight excluding hydrogens is 323 g/mol. The lowest BCUT2D eigenvalue weighted by atomic mass is 10.0. The molecule has 130 valence electrons. The van der Waals surface area contributed by atoms with E-state index in [-0.39, 0.29) is 0 Å². The van der Waals surface area contributed by atoms with Crippen LogP contribution in [0, 0.1) is 0 Å². The molecule has 0 fully saturated rings. The van der Waals surface area contributed by atoms with Gasteiger partial charge in [0.25, 0.3) is 0 Å². The Balaban J connectivity index is 3.46. The Morgan fingerprint density at radius 2 is 1.92 bits per heavy atom. The number of halogens is 3. The van der Waals surface area contributed by atoms with E-state index in [1.165, 1.54) is 31.6 Å². The Bertz CT molecular complexity index is 717. The fourth-order valence-electron chi connectivity index (χ4n) is 1.95. The summed E-state index contributed by atoms with van der Waals surface area (Å²) >= 11 is 0. The molecule has 0 bridgehead atoms. The minimum atomic E-state index is -4.68. The van der Waals surface area contributed by atoms with Crippen LogP contribution in [0.3, 0.4) is 0 Å². The number of carbonyl (C=O) groups excluding carboxylic acids is 1. The third-order valence-electron chi connectivity index (χ3n) is 3.12. The van der Waals surface area contributed by atoms with Crippen molar-refractivity contribution in [3.63, 3.8) is 0 Å². The van der Waals surface area contributed by atoms with Crippen molar-refractivity contribution in [1.82, 2.24) is 0 Å². The Hall–Kier alpha value is -2.57. The van der Waals surface area contributed by atoms with Crippen LogP contribution in [0.2, 0.25) is 0 Å². The highest BCUT2D eigenvalue weighted by atomic mass is 19.4. The predicted molar refractivity (Wildman–Crippen MR) is 85.6 cm³/mol. The highest BCUT2D eigenvalue weighted by Gasteiger charge is 2.36. The Kier molecular flexibility index (Phi) is 6.34. The van der Waals surface area contributed by atoms with Gasteiger partial charge in [0.15, 0.2) is 5.78 Å². The predicted octanol–water partition coefficient (Wildman–Crippen LogP) is 5.01. The normalized spacial score (nSPS) is 15.4. The van der Waals surface area contributed by atoms with Gasteiger partial charge in [-0.2, -0.15) is 13.2 Å². The van der Waals surface area contributed by atoms with E-state index in [2.05, 4.69) is 4.99 Å². The van der Waals surface area contributed by atoms with E-state index in [1.807, 2.05) is 0 Å². The molecule has 24 heavy (non-hydrogen) atoms. The molecule has 0 aliphatic rings. The number of aliphatic hydroxyl groups is 1. The molecule has 1 heterocycles. The monoisotopic (exact) mass is 341 g/mol. The highest BCUT2D eigenvalue weighted by molar-refractivity contribution is 6.05. The van der Waals surface area contributed by atoms with Crippen molar-refractivity contribution < 1.29 is 27.5 Å². The number of aliphatic imine (C=N–C) groups is 1. The van der Waals surface area contributed by atoms with Gasteiger partial charge in [-0.25, -0.2) is 4.99 Å². The summed E-state index contributed by atoms with van der Waals surface area (Å²) in [5.41, 5.74) is -1.08. The second kappa shape index (κ2) is 7.81. The van der Waals surface area contributed by atoms with Gasteiger partial charge >= 0.3 is 6.18 Å². The quantitative estimate of drug-likeness (QED) is 0.354. The van der Waals surface area contributed by atoms with Crippen molar-refractivity contribution in [2.75, 3.05) is 0 Å². The summed E-state index contributed by atoms with van der Waals surface area (Å²) in [7, 11) is 0. The maximum Gasteiger partial charge on any atom is 0.418 e. The molecule has 7 heteroatoms. The van der Waals surface area contributed by atoms with Crippen molar-refractivity contribution in [2.45, 2.75) is 33.9 Å². The van der Waals surface area contributed by atoms with Crippen LogP contribution >= 0.6 is 0 Å². The van der Waals surface area contributed by atoms with Gasteiger partial charge in [0.2, 0.25) is 0 Å². The molecule has 1 aromatic rings. The van der Waals surface area contributed by atoms with Crippen LogP contribution in [0.25, 0.3) is 5.57 Å². The molecule has 0 aromatic carbocycles. The van der Waals surface area contributed by atoms with E-state index in [9.17, 15) is 23.1 Å². The molecule has 0 unspecified atom stereocenters. The van der Waals surface area contributed by atoms with Crippen LogP contribution in [0.1, 0.15) is 33.3 Å². The summed E-state index contributed by atoms with van der Waals surface area (Å²) in [6, 6.07) is 1.53. The molecule has 0 spiro atoms. The van der Waals surface area contributed by atoms with Gasteiger partial charge in [-0.15, -0.1) is 0 Å². The van der Waals surface area contributed by atoms with Crippen LogP contribution in [0.15, 0.2) is 57.2 Å². The van der Waals surface area contributed by atoms with Crippen LogP contribution in [0.5, 0.6) is 0 Å². The first-order chi connectivity index (χ1) is 11.1. The average molecular weight is 341 g/mol. The second-order valence-electron chi connectivity index (χ2n) is 5.00. The number of hydrogen-bond donors (Lipinski definition) is 1. The van der Waals surface area contributed by atoms with Gasteiger partial charge < -0.3 is 9.52 Å². The number of aliphatic hydroxyl groups excluding tert-OH is 1. The molecule has 0 saturated heterocycles. The van der Waals surface area contributed by atoms with Gasteiger partial charge in [0, 0.05) is 12.5 Å². The molecular formula is C17H18F3NO3. The molecule has 0 saturated carbocycles. The summed E-state index contributed by atoms with van der Waals surface area (Å²) in [6.07, 6.45) is 0.422. The molecule has 0 aliphatic heterocycles. The van der Waals surface area contributed by atoms with Gasteiger partial charge in [-0.1, -0.05) is 6.08 Å². The molecule has 4 nitrogen and oxygen atoms in total. The summed E-state index contributed by atoms with van der Waals surface area (Å²) in [4.78, 5) is 15.1. The maximum atomic E-state index is 13.4. The van der Waals surface area contributed by atoms with Crippen molar-refractivity contribution in [3.8, 4) is 0 Å². The van der Waals surface area contributed by atoms with Crippen molar-refractivity contribution in [1.29, 1.82) is 0 Å². The van der Waals surface area contributed by atoms with E-state index in [0.717, 1.165) is 19.9 Å². The number of allylic oxidation sites excluding steroid dienone is 6. The molecule has 1 rings (SSSR count). The summed E-state index contributed by atoms with van der Waals surface area (Å²) < 4.78 is 45.1. The number of Topliss-reactive ketones (excluding diaryl/α,β-unsaturated/α-hetero) is 1. The van der Waals surface area contributed by atoms with Crippen LogP contribution in [0.4, 0.5) is 13.2 Å². The number of hydrogen-bond acceptors (Lipinski definition) is 4. The number of ketones is 1. The molecule has 1 N–H and O–H groups in total. The largest absolute Gasteiger partial charge is 0.510 e. The number of carbonyl (C=O) groups is 1. The fourth-order valence-corrected chi connectivity index (χ4v) is 1.95. The Morgan fingerprint density at radius 3 is 2.29 bits per heavy atom. The average Bonchev–Trinajstić information content (AvgIpc) is 2.97. The lowest BCUT2D eigenvalue weighted by Gasteiger charge is -2.13. The van der Waals surface area contributed by atoms with Crippen LogP contribution in [-0.2, 0) is 4.79 Å². The van der Waals surface area contributed by atoms with E-state index in [0.29, 0.717) is 11.1 Å². The number of furan rings is 1. The summed E-state index contributed by atoms with van der Waals surface area (Å²) in [6.45, 7) is 5.03. The number of alkyl halides is 3. The zero-order chi connectivity index (χ0) is 18.5. The molecule has 0 aliphatic carbocycles. The van der Waals surface area contributed by atoms with Crippen molar-refractivity contribution in [3.05, 3.63) is 53.3 Å². The van der Waals surface area contributed by atoms with Crippen LogP contribution in [-0.4, -0.2) is 22.8 Å². The van der Waals surface area contributed by atoms with Gasteiger partial charge in [-0.3, -0.25) is 4.79 Å². The fraction of sp³-hybridized carbons (Fsp3) is 0.294. The van der Waals surface area contributed by atoms with Crippen molar-refractivity contribution in [2.24, 2.45) is 4.99 Å². The molecule has 1 aromatic heterocycles. The van der Waals surface area contributed by atoms with E-state index in [1.54, 1.807) is 6.92 Å². The van der Waals surface area contributed by atoms with Gasteiger partial charge in [-0.05, 0) is 38.5 Å². The topological polar surface area (TPSA) is 62.8 Å². The first-order valence-corrected chi connectivity index (χ1v) is 7.02. The van der Waals surface area contributed by atoms with E-state index in [4.69, 9.17) is 4.42 Å². The maximum absolute atomic E-state index is 13.4. The minimum Gasteiger partial charge on any atom is -0.510 e. The van der Waals surface area contributed by atoms with Gasteiger partial charge in [0.1, 0.15) is 11.5 Å². The summed E-state index contributed by atoms with van der Waals surface area (Å²) in [5.74, 6) is -1.07. The zero-order valence-corrected chi connectivity index (χ0v) is 13.7.